The molecule has 1 aromatic heterocycles. The van der Waals surface area contributed by atoms with Crippen molar-refractivity contribution in [3.05, 3.63) is 100 Å². The van der Waals surface area contributed by atoms with E-state index in [9.17, 15) is 9.59 Å². The van der Waals surface area contributed by atoms with E-state index >= 15 is 0 Å². The fourth-order valence-corrected chi connectivity index (χ4v) is 3.85. The van der Waals surface area contributed by atoms with Crippen molar-refractivity contribution in [1.82, 2.24) is 9.99 Å². The van der Waals surface area contributed by atoms with Crippen molar-refractivity contribution in [1.29, 1.82) is 0 Å². The molecule has 4 rings (SSSR count). The van der Waals surface area contributed by atoms with Crippen molar-refractivity contribution in [3.63, 3.8) is 0 Å². The Labute approximate surface area is 196 Å². The van der Waals surface area contributed by atoms with Crippen LogP contribution in [0.1, 0.15) is 34.1 Å². The van der Waals surface area contributed by atoms with Crippen LogP contribution in [0.15, 0.2) is 77.9 Å². The second-order valence-corrected chi connectivity index (χ2v) is 8.12. The van der Waals surface area contributed by atoms with Gasteiger partial charge in [-0.1, -0.05) is 41.9 Å². The molecule has 0 saturated heterocycles. The molecule has 0 aliphatic rings. The number of hydrazone groups is 1. The Hall–Kier alpha value is -3.90. The summed E-state index contributed by atoms with van der Waals surface area (Å²) in [5, 5.41) is 8.65. The predicted octanol–water partition coefficient (Wildman–Crippen LogP) is 5.37. The van der Waals surface area contributed by atoms with Gasteiger partial charge in [0.15, 0.2) is 0 Å². The SMILES string of the molecule is CC(=O)Nc1ccc(C(=O)NN=Cc2c(C)n(Cc3ccc(Cl)cc3)c3ccccc23)cc1. The van der Waals surface area contributed by atoms with Crippen LogP contribution in [-0.2, 0) is 11.3 Å². The number of anilines is 1. The highest BCUT2D eigenvalue weighted by Crippen LogP contribution is 2.26. The molecule has 1 heterocycles. The minimum Gasteiger partial charge on any atom is -0.340 e. The summed E-state index contributed by atoms with van der Waals surface area (Å²) in [4.78, 5) is 23.6. The van der Waals surface area contributed by atoms with Crippen LogP contribution in [0.25, 0.3) is 10.9 Å². The van der Waals surface area contributed by atoms with Crippen molar-refractivity contribution < 1.29 is 9.59 Å². The van der Waals surface area contributed by atoms with Crippen molar-refractivity contribution in [2.24, 2.45) is 5.10 Å². The molecule has 4 aromatic rings. The maximum atomic E-state index is 12.5. The van der Waals surface area contributed by atoms with E-state index in [1.54, 1.807) is 30.5 Å². The molecular weight excluding hydrogens is 436 g/mol. The monoisotopic (exact) mass is 458 g/mol. The first-order chi connectivity index (χ1) is 15.9. The third kappa shape index (κ3) is 5.13. The highest BCUT2D eigenvalue weighted by molar-refractivity contribution is 6.30. The molecule has 0 aliphatic carbocycles. The molecule has 0 fully saturated rings. The number of benzene rings is 3. The summed E-state index contributed by atoms with van der Waals surface area (Å²) in [6, 6.07) is 22.5. The van der Waals surface area contributed by atoms with Gasteiger partial charge in [0.25, 0.3) is 5.91 Å². The first-order valence-electron chi connectivity index (χ1n) is 10.5. The van der Waals surface area contributed by atoms with Crippen molar-refractivity contribution in [2.45, 2.75) is 20.4 Å². The van der Waals surface area contributed by atoms with E-state index in [-0.39, 0.29) is 11.8 Å². The molecule has 0 spiro atoms. The molecule has 2 N–H and O–H groups in total. The van der Waals surface area contributed by atoms with Crippen LogP contribution in [0.4, 0.5) is 5.69 Å². The molecule has 7 heteroatoms. The number of carbonyl (C=O) groups excluding carboxylic acids is 2. The predicted molar refractivity (Wildman–Crippen MR) is 133 cm³/mol. The van der Waals surface area contributed by atoms with E-state index in [0.717, 1.165) is 27.7 Å². The molecule has 0 bridgehead atoms. The minimum atomic E-state index is -0.330. The smallest absolute Gasteiger partial charge is 0.271 e. The normalized spacial score (nSPS) is 11.1. The highest BCUT2D eigenvalue weighted by atomic mass is 35.5. The van der Waals surface area contributed by atoms with Crippen LogP contribution in [0, 0.1) is 6.92 Å². The number of halogens is 1. The van der Waals surface area contributed by atoms with Gasteiger partial charge in [-0.15, -0.1) is 0 Å². The third-order valence-corrected chi connectivity index (χ3v) is 5.61. The molecule has 0 saturated carbocycles. The van der Waals surface area contributed by atoms with Crippen LogP contribution in [0.2, 0.25) is 5.02 Å². The van der Waals surface area contributed by atoms with E-state index in [0.29, 0.717) is 22.8 Å². The van der Waals surface area contributed by atoms with Gasteiger partial charge in [0.2, 0.25) is 5.91 Å². The number of para-hydroxylation sites is 1. The van der Waals surface area contributed by atoms with Crippen molar-refractivity contribution >= 4 is 46.2 Å². The number of hydrogen-bond acceptors (Lipinski definition) is 3. The lowest BCUT2D eigenvalue weighted by molar-refractivity contribution is -0.114. The molecule has 33 heavy (non-hydrogen) atoms. The quantitative estimate of drug-likeness (QED) is 0.301. The Morgan fingerprint density at radius 3 is 2.39 bits per heavy atom. The summed E-state index contributed by atoms with van der Waals surface area (Å²) in [7, 11) is 0. The lowest BCUT2D eigenvalue weighted by atomic mass is 10.1. The molecule has 6 nitrogen and oxygen atoms in total. The minimum absolute atomic E-state index is 0.164. The average Bonchev–Trinajstić information content (AvgIpc) is 3.06. The number of nitrogens with one attached hydrogen (secondary N) is 2. The Balaban J connectivity index is 1.54. The third-order valence-electron chi connectivity index (χ3n) is 5.36. The molecule has 166 valence electrons. The molecule has 0 unspecified atom stereocenters. The number of carbonyl (C=O) groups is 2. The highest BCUT2D eigenvalue weighted by Gasteiger charge is 2.13. The van der Waals surface area contributed by atoms with E-state index in [1.807, 2.05) is 49.4 Å². The number of nitrogens with zero attached hydrogens (tertiary/aromatic N) is 2. The van der Waals surface area contributed by atoms with Gasteiger partial charge in [-0.05, 0) is 55.0 Å². The van der Waals surface area contributed by atoms with Crippen LogP contribution in [0.5, 0.6) is 0 Å². The molecule has 2 amide bonds. The Morgan fingerprint density at radius 1 is 1.00 bits per heavy atom. The topological polar surface area (TPSA) is 75.5 Å². The van der Waals surface area contributed by atoms with Gasteiger partial charge in [-0.2, -0.15) is 5.10 Å². The fourth-order valence-electron chi connectivity index (χ4n) is 3.73. The van der Waals surface area contributed by atoms with Crippen LogP contribution >= 0.6 is 11.6 Å². The van der Waals surface area contributed by atoms with E-state index in [1.165, 1.54) is 6.92 Å². The molecule has 0 aliphatic heterocycles. The van der Waals surface area contributed by atoms with Gasteiger partial charge in [-0.3, -0.25) is 9.59 Å². The zero-order valence-electron chi connectivity index (χ0n) is 18.3. The summed E-state index contributed by atoms with van der Waals surface area (Å²) in [6.07, 6.45) is 1.68. The van der Waals surface area contributed by atoms with Gasteiger partial charge in [0, 0.05) is 51.9 Å². The molecule has 0 radical (unpaired) electrons. The number of fused-ring (bicyclic) bond motifs is 1. The average molecular weight is 459 g/mol. The summed E-state index contributed by atoms with van der Waals surface area (Å²) in [6.45, 7) is 4.17. The Morgan fingerprint density at radius 2 is 1.70 bits per heavy atom. The Bertz CT molecular complexity index is 1340. The van der Waals surface area contributed by atoms with Crippen LogP contribution in [-0.4, -0.2) is 22.6 Å². The van der Waals surface area contributed by atoms with Crippen LogP contribution < -0.4 is 10.7 Å². The first-order valence-corrected chi connectivity index (χ1v) is 10.8. The van der Waals surface area contributed by atoms with E-state index in [4.69, 9.17) is 11.6 Å². The standard InChI is InChI=1S/C26H23ClN4O2/c1-17-24(15-28-30-26(33)20-9-13-22(14-10-20)29-18(2)32)23-5-3-4-6-25(23)31(17)16-19-7-11-21(27)12-8-19/h3-15H,16H2,1-2H3,(H,29,32)(H,30,33). The lowest BCUT2D eigenvalue weighted by Crippen LogP contribution is -2.17. The summed E-state index contributed by atoms with van der Waals surface area (Å²) in [5.74, 6) is -0.495. The zero-order chi connectivity index (χ0) is 23.4. The molecule has 0 atom stereocenters. The van der Waals surface area contributed by atoms with Gasteiger partial charge in [-0.25, -0.2) is 5.43 Å². The molecular formula is C26H23ClN4O2. The lowest BCUT2D eigenvalue weighted by Gasteiger charge is -2.09. The summed E-state index contributed by atoms with van der Waals surface area (Å²) < 4.78 is 2.22. The van der Waals surface area contributed by atoms with Crippen LogP contribution in [0.3, 0.4) is 0 Å². The van der Waals surface area contributed by atoms with E-state index in [2.05, 4.69) is 26.5 Å². The van der Waals surface area contributed by atoms with Crippen molar-refractivity contribution in [3.8, 4) is 0 Å². The summed E-state index contributed by atoms with van der Waals surface area (Å²) >= 11 is 6.02. The zero-order valence-corrected chi connectivity index (χ0v) is 19.1. The second-order valence-electron chi connectivity index (χ2n) is 7.69. The first kappa shape index (κ1) is 22.3. The maximum absolute atomic E-state index is 12.5. The van der Waals surface area contributed by atoms with Gasteiger partial charge in [0.1, 0.15) is 0 Å². The summed E-state index contributed by atoms with van der Waals surface area (Å²) in [5.41, 5.74) is 7.88. The van der Waals surface area contributed by atoms with Crippen molar-refractivity contribution in [2.75, 3.05) is 5.32 Å². The maximum Gasteiger partial charge on any atom is 0.271 e. The number of aromatic nitrogens is 1. The van der Waals surface area contributed by atoms with Gasteiger partial charge >= 0.3 is 0 Å². The fraction of sp³-hybridized carbons (Fsp3) is 0.115. The Kier molecular flexibility index (Phi) is 6.56. The van der Waals surface area contributed by atoms with Gasteiger partial charge in [0.05, 0.1) is 6.21 Å². The van der Waals surface area contributed by atoms with Gasteiger partial charge < -0.3 is 9.88 Å². The number of rotatable bonds is 6. The number of amides is 2. The second kappa shape index (κ2) is 9.71. The number of hydrogen-bond donors (Lipinski definition) is 2. The largest absolute Gasteiger partial charge is 0.340 e. The van der Waals surface area contributed by atoms with E-state index < -0.39 is 0 Å². The molecule has 3 aromatic carbocycles.